The summed E-state index contributed by atoms with van der Waals surface area (Å²) in [5.74, 6) is 1.42. The average molecular weight is 292 g/mol. The Bertz CT molecular complexity index is 616. The SMILES string of the molecule is FC(F)(F)c1ccccc1-c1ccc(NCC2CC2)nc1. The molecule has 1 fully saturated rings. The number of hydrogen-bond donors (Lipinski definition) is 1. The number of aromatic nitrogens is 1. The van der Waals surface area contributed by atoms with Crippen molar-refractivity contribution in [2.24, 2.45) is 5.92 Å². The molecule has 1 saturated carbocycles. The first-order chi connectivity index (χ1) is 10.0. The maximum atomic E-state index is 13.0. The van der Waals surface area contributed by atoms with E-state index in [1.165, 1.54) is 31.2 Å². The Morgan fingerprint density at radius 2 is 1.86 bits per heavy atom. The van der Waals surface area contributed by atoms with Crippen molar-refractivity contribution in [3.8, 4) is 11.1 Å². The van der Waals surface area contributed by atoms with Crippen molar-refractivity contribution in [1.82, 2.24) is 4.98 Å². The lowest BCUT2D eigenvalue weighted by Crippen LogP contribution is -2.07. The molecule has 0 amide bonds. The maximum absolute atomic E-state index is 13.0. The van der Waals surface area contributed by atoms with E-state index in [0.717, 1.165) is 18.5 Å². The molecule has 2 nitrogen and oxygen atoms in total. The third kappa shape index (κ3) is 3.35. The third-order valence-electron chi connectivity index (χ3n) is 3.58. The predicted molar refractivity (Wildman–Crippen MR) is 75.9 cm³/mol. The van der Waals surface area contributed by atoms with Crippen LogP contribution in [-0.2, 0) is 6.18 Å². The van der Waals surface area contributed by atoms with E-state index in [-0.39, 0.29) is 5.56 Å². The van der Waals surface area contributed by atoms with Gasteiger partial charge in [-0.3, -0.25) is 0 Å². The number of benzene rings is 1. The van der Waals surface area contributed by atoms with Crippen molar-refractivity contribution >= 4 is 5.82 Å². The van der Waals surface area contributed by atoms with Crippen LogP contribution in [0.15, 0.2) is 42.6 Å². The van der Waals surface area contributed by atoms with Crippen molar-refractivity contribution in [2.75, 3.05) is 11.9 Å². The summed E-state index contributed by atoms with van der Waals surface area (Å²) in [4.78, 5) is 4.20. The molecule has 0 bridgehead atoms. The lowest BCUT2D eigenvalue weighted by molar-refractivity contribution is -0.137. The number of halogens is 3. The number of nitrogens with one attached hydrogen (secondary N) is 1. The standard InChI is InChI=1S/C16H15F3N2/c17-16(18,19)14-4-2-1-3-13(14)12-7-8-15(21-10-12)20-9-11-5-6-11/h1-4,7-8,10-11H,5-6,9H2,(H,20,21). The summed E-state index contributed by atoms with van der Waals surface area (Å²) >= 11 is 0. The lowest BCUT2D eigenvalue weighted by Gasteiger charge is -2.13. The van der Waals surface area contributed by atoms with Crippen LogP contribution in [0.3, 0.4) is 0 Å². The Labute approximate surface area is 121 Å². The van der Waals surface area contributed by atoms with E-state index >= 15 is 0 Å². The minimum absolute atomic E-state index is 0.159. The van der Waals surface area contributed by atoms with Gasteiger partial charge in [-0.15, -0.1) is 0 Å². The quantitative estimate of drug-likeness (QED) is 0.891. The molecule has 1 heterocycles. The van der Waals surface area contributed by atoms with Gasteiger partial charge in [0, 0.05) is 18.3 Å². The predicted octanol–water partition coefficient (Wildman–Crippen LogP) is 4.59. The fourth-order valence-electron chi connectivity index (χ4n) is 2.21. The van der Waals surface area contributed by atoms with Crippen LogP contribution in [0.2, 0.25) is 0 Å². The van der Waals surface area contributed by atoms with E-state index in [4.69, 9.17) is 0 Å². The van der Waals surface area contributed by atoms with Crippen LogP contribution >= 0.6 is 0 Å². The largest absolute Gasteiger partial charge is 0.417 e. The molecule has 0 unspecified atom stereocenters. The summed E-state index contributed by atoms with van der Waals surface area (Å²) < 4.78 is 39.0. The highest BCUT2D eigenvalue weighted by molar-refractivity contribution is 5.68. The Morgan fingerprint density at radius 3 is 2.48 bits per heavy atom. The number of nitrogens with zero attached hydrogens (tertiary/aromatic N) is 1. The molecule has 0 radical (unpaired) electrons. The van der Waals surface area contributed by atoms with Crippen molar-refractivity contribution in [1.29, 1.82) is 0 Å². The second-order valence-electron chi connectivity index (χ2n) is 5.30. The van der Waals surface area contributed by atoms with Gasteiger partial charge in [-0.1, -0.05) is 18.2 Å². The zero-order valence-corrected chi connectivity index (χ0v) is 11.3. The number of alkyl halides is 3. The molecule has 0 saturated heterocycles. The fraction of sp³-hybridized carbons (Fsp3) is 0.312. The van der Waals surface area contributed by atoms with Gasteiger partial charge < -0.3 is 5.32 Å². The second kappa shape index (κ2) is 5.39. The number of anilines is 1. The van der Waals surface area contributed by atoms with Crippen LogP contribution in [-0.4, -0.2) is 11.5 Å². The molecule has 110 valence electrons. The van der Waals surface area contributed by atoms with Gasteiger partial charge in [0.15, 0.2) is 0 Å². The zero-order valence-electron chi connectivity index (χ0n) is 11.3. The van der Waals surface area contributed by atoms with E-state index in [1.54, 1.807) is 18.2 Å². The van der Waals surface area contributed by atoms with Crippen LogP contribution < -0.4 is 5.32 Å². The van der Waals surface area contributed by atoms with E-state index in [2.05, 4.69) is 10.3 Å². The van der Waals surface area contributed by atoms with Crippen molar-refractivity contribution in [2.45, 2.75) is 19.0 Å². The first-order valence-electron chi connectivity index (χ1n) is 6.90. The first kappa shape index (κ1) is 13.9. The highest BCUT2D eigenvalue weighted by Gasteiger charge is 2.33. The minimum Gasteiger partial charge on any atom is -0.370 e. The molecule has 1 aromatic carbocycles. The molecule has 5 heteroatoms. The molecule has 0 spiro atoms. The van der Waals surface area contributed by atoms with Gasteiger partial charge in [0.2, 0.25) is 0 Å². The first-order valence-corrected chi connectivity index (χ1v) is 6.90. The summed E-state index contributed by atoms with van der Waals surface area (Å²) in [6, 6.07) is 8.96. The van der Waals surface area contributed by atoms with Gasteiger partial charge in [-0.25, -0.2) is 4.98 Å². The topological polar surface area (TPSA) is 24.9 Å². The fourth-order valence-corrected chi connectivity index (χ4v) is 2.21. The molecular weight excluding hydrogens is 277 g/mol. The summed E-state index contributed by atoms with van der Waals surface area (Å²) in [6.45, 7) is 0.880. The molecule has 2 aromatic rings. The van der Waals surface area contributed by atoms with Gasteiger partial charge in [0.05, 0.1) is 5.56 Å². The van der Waals surface area contributed by atoms with Crippen molar-refractivity contribution in [3.63, 3.8) is 0 Å². The molecule has 1 aliphatic carbocycles. The van der Waals surface area contributed by atoms with Crippen molar-refractivity contribution in [3.05, 3.63) is 48.2 Å². The molecule has 21 heavy (non-hydrogen) atoms. The number of rotatable bonds is 4. The number of hydrogen-bond acceptors (Lipinski definition) is 2. The lowest BCUT2D eigenvalue weighted by atomic mass is 10.0. The van der Waals surface area contributed by atoms with Gasteiger partial charge in [0.25, 0.3) is 0 Å². The summed E-state index contributed by atoms with van der Waals surface area (Å²) in [7, 11) is 0. The molecule has 3 rings (SSSR count). The smallest absolute Gasteiger partial charge is 0.370 e. The monoisotopic (exact) mass is 292 g/mol. The van der Waals surface area contributed by atoms with Crippen molar-refractivity contribution < 1.29 is 13.2 Å². The third-order valence-corrected chi connectivity index (χ3v) is 3.58. The van der Waals surface area contributed by atoms with Gasteiger partial charge in [0.1, 0.15) is 5.82 Å². The molecule has 0 aliphatic heterocycles. The number of pyridine rings is 1. The zero-order chi connectivity index (χ0) is 14.9. The Hall–Kier alpha value is -2.04. The van der Waals surface area contributed by atoms with Gasteiger partial charge in [-0.2, -0.15) is 13.2 Å². The summed E-state index contributed by atoms with van der Waals surface area (Å²) in [5.41, 5.74) is -0.00312. The van der Waals surface area contributed by atoms with Crippen LogP contribution in [0.1, 0.15) is 18.4 Å². The Kier molecular flexibility index (Phi) is 3.57. The molecule has 1 aromatic heterocycles. The maximum Gasteiger partial charge on any atom is 0.417 e. The molecular formula is C16H15F3N2. The van der Waals surface area contributed by atoms with E-state index in [0.29, 0.717) is 11.4 Å². The van der Waals surface area contributed by atoms with Gasteiger partial charge >= 0.3 is 6.18 Å². The highest BCUT2D eigenvalue weighted by atomic mass is 19.4. The van der Waals surface area contributed by atoms with Crippen LogP contribution in [0.5, 0.6) is 0 Å². The highest BCUT2D eigenvalue weighted by Crippen LogP contribution is 2.36. The normalized spacial score (nSPS) is 15.0. The minimum atomic E-state index is -4.36. The summed E-state index contributed by atoms with van der Waals surface area (Å²) in [6.07, 6.45) is -0.395. The summed E-state index contributed by atoms with van der Waals surface area (Å²) in [5, 5.41) is 3.20. The van der Waals surface area contributed by atoms with E-state index < -0.39 is 11.7 Å². The van der Waals surface area contributed by atoms with Crippen LogP contribution in [0, 0.1) is 5.92 Å². The van der Waals surface area contributed by atoms with E-state index in [1.807, 2.05) is 0 Å². The Balaban J connectivity index is 1.83. The molecule has 1 N–H and O–H groups in total. The second-order valence-corrected chi connectivity index (χ2v) is 5.30. The molecule has 1 aliphatic rings. The van der Waals surface area contributed by atoms with Gasteiger partial charge in [-0.05, 0) is 42.5 Å². The van der Waals surface area contributed by atoms with Crippen LogP contribution in [0.25, 0.3) is 11.1 Å². The van der Waals surface area contributed by atoms with Crippen LogP contribution in [0.4, 0.5) is 19.0 Å². The molecule has 0 atom stereocenters. The average Bonchev–Trinajstić information content (AvgIpc) is 3.29. The van der Waals surface area contributed by atoms with E-state index in [9.17, 15) is 13.2 Å². The Morgan fingerprint density at radius 1 is 1.10 bits per heavy atom.